The summed E-state index contributed by atoms with van der Waals surface area (Å²) in [5, 5.41) is 21.3. The van der Waals surface area contributed by atoms with Crippen LogP contribution in [-0.2, 0) is 9.59 Å². The Labute approximate surface area is 516 Å². The highest BCUT2D eigenvalue weighted by molar-refractivity contribution is 9.11. The summed E-state index contributed by atoms with van der Waals surface area (Å²) in [7, 11) is 0. The van der Waals surface area contributed by atoms with E-state index in [9.17, 15) is 108 Å². The minimum Gasteiger partial charge on any atom is -0.478 e. The summed E-state index contributed by atoms with van der Waals surface area (Å²) in [4.78, 5) is 70.3. The second-order valence-electron chi connectivity index (χ2n) is 14.9. The number of nitrogens with zero attached hydrogens (tertiary/aromatic N) is 2. The van der Waals surface area contributed by atoms with Gasteiger partial charge in [0.2, 0.25) is 5.28 Å². The maximum atomic E-state index is 13.5. The maximum Gasteiger partial charge on any atom is 0.341 e. The van der Waals surface area contributed by atoms with Crippen LogP contribution in [0.1, 0.15) is 31.1 Å². The zero-order valence-electron chi connectivity index (χ0n) is 39.7. The highest BCUT2D eigenvalue weighted by Crippen LogP contribution is 2.37. The van der Waals surface area contributed by atoms with Crippen molar-refractivity contribution >= 4 is 182 Å². The highest BCUT2D eigenvalue weighted by atomic mass is 79.9. The number of hydrogen-bond donors (Lipinski definition) is 9. The van der Waals surface area contributed by atoms with Crippen LogP contribution in [0.2, 0.25) is 5.28 Å². The first-order chi connectivity index (χ1) is 39.6. The topological polar surface area (TPSA) is 312 Å². The molecule has 0 saturated heterocycles. The van der Waals surface area contributed by atoms with Crippen molar-refractivity contribution in [3.63, 3.8) is 0 Å². The largest absolute Gasteiger partial charge is 0.478 e. The van der Waals surface area contributed by atoms with Crippen molar-refractivity contribution in [2.45, 2.75) is 0 Å². The van der Waals surface area contributed by atoms with E-state index in [1.165, 1.54) is 0 Å². The first-order valence-electron chi connectivity index (χ1n) is 20.4. The number of aromatic carboxylic acids is 1. The molecule has 1 aliphatic rings. The molecule has 17 nitrogen and oxygen atoms in total. The van der Waals surface area contributed by atoms with Crippen molar-refractivity contribution in [3.05, 3.63) is 176 Å². The van der Waals surface area contributed by atoms with Crippen LogP contribution in [-0.4, -0.2) is 56.0 Å². The van der Waals surface area contributed by atoms with Crippen LogP contribution in [0.3, 0.4) is 0 Å². The Bertz CT molecular complexity index is 3940. The molecule has 0 atom stereocenters. The maximum absolute atomic E-state index is 13.5. The number of aromatic nitrogens is 2. The van der Waals surface area contributed by atoms with Gasteiger partial charge in [0.1, 0.15) is 28.2 Å². The van der Waals surface area contributed by atoms with E-state index < -0.39 is 228 Å². The molecule has 0 spiro atoms. The summed E-state index contributed by atoms with van der Waals surface area (Å²) in [5.41, 5.74) is 11.5. The number of carbonyl (C=O) groups is 5. The zero-order chi connectivity index (χ0) is 66.3. The number of ketones is 1. The number of amides is 3. The second kappa shape index (κ2) is 29.9. The number of halogens is 25. The predicted octanol–water partition coefficient (Wildman–Crippen LogP) is 13.2. The number of fused-ring (bicyclic) bond motifs is 2. The molecule has 13 N–H and O–H groups in total. The van der Waals surface area contributed by atoms with Gasteiger partial charge in [-0.05, 0) is 107 Å². The molecule has 0 fully saturated rings. The third-order valence-corrected chi connectivity index (χ3v) is 13.9. The lowest BCUT2D eigenvalue weighted by Gasteiger charge is -2.07. The molecule has 0 aliphatic carbocycles. The van der Waals surface area contributed by atoms with E-state index in [2.05, 4.69) is 106 Å². The predicted molar refractivity (Wildman–Crippen MR) is 286 cm³/mol. The number of benzene rings is 6. The van der Waals surface area contributed by atoms with Crippen LogP contribution in [0.25, 0.3) is 10.9 Å². The fourth-order valence-electron chi connectivity index (χ4n) is 5.68. The number of carboxylic acid groups (broad SMARTS) is 1. The van der Waals surface area contributed by atoms with Gasteiger partial charge in [-0.1, -0.05) is 5.16 Å². The van der Waals surface area contributed by atoms with Gasteiger partial charge in [-0.2, -0.15) is 0 Å². The van der Waals surface area contributed by atoms with Crippen molar-refractivity contribution in [2.75, 3.05) is 27.8 Å². The van der Waals surface area contributed by atoms with Gasteiger partial charge >= 0.3 is 5.97 Å². The molecule has 1 aromatic heterocycles. The number of nitrogens with two attached hydrogens (primary N) is 4. The molecule has 2 heterocycles. The Morgan fingerprint density at radius 2 is 0.977 bits per heavy atom. The summed E-state index contributed by atoms with van der Waals surface area (Å²) in [6.45, 7) is 0. The third kappa shape index (κ3) is 15.7. The molecule has 3 amide bonds. The smallest absolute Gasteiger partial charge is 0.341 e. The lowest BCUT2D eigenvalue weighted by molar-refractivity contribution is -0.112. The number of hydrogen-bond acceptors (Lipinski definition) is 12. The monoisotopic (exact) mass is 1650 g/mol. The second-order valence-corrected chi connectivity index (χ2v) is 20.0. The quantitative estimate of drug-likeness (QED) is 0.00914. The Kier molecular flexibility index (Phi) is 25.4. The van der Waals surface area contributed by atoms with Gasteiger partial charge in [0.05, 0.1) is 60.8 Å². The molecule has 0 radical (unpaired) electrons. The number of aromatic amines is 1. The van der Waals surface area contributed by atoms with Gasteiger partial charge in [-0.3, -0.25) is 29.0 Å². The number of nitrogens with one attached hydrogen (secondary N) is 3. The van der Waals surface area contributed by atoms with Crippen molar-refractivity contribution in [1.82, 2.24) is 9.97 Å². The molecule has 7 aromatic rings. The normalized spacial score (nSPS) is 11.2. The van der Waals surface area contributed by atoms with Crippen LogP contribution < -0.4 is 39.1 Å². The molecule has 42 heteroatoms. The van der Waals surface area contributed by atoms with Crippen LogP contribution in [0.5, 0.6) is 0 Å². The van der Waals surface area contributed by atoms with Gasteiger partial charge in [0.25, 0.3) is 29.1 Å². The lowest BCUT2D eigenvalue weighted by Crippen LogP contribution is -2.18. The molecule has 86 heavy (non-hydrogen) atoms. The van der Waals surface area contributed by atoms with E-state index in [1.54, 1.807) is 0 Å². The van der Waals surface area contributed by atoms with Crippen molar-refractivity contribution in [2.24, 2.45) is 10.9 Å². The van der Waals surface area contributed by atoms with Gasteiger partial charge < -0.3 is 43.9 Å². The molecular formula is C44H16Br6ClF18N9O8. The van der Waals surface area contributed by atoms with Gasteiger partial charge in [0.15, 0.2) is 105 Å². The number of H-pyrrole nitrogens is 1. The van der Waals surface area contributed by atoms with Crippen LogP contribution >= 0.6 is 107 Å². The molecular weight excluding hydrogens is 1640 g/mol. The highest BCUT2D eigenvalue weighted by Gasteiger charge is 2.38. The van der Waals surface area contributed by atoms with E-state index in [0.29, 0.717) is 18.3 Å². The SMILES string of the molecule is NC(=O)c1c(N)c(F)c(Br)c(F)c1F.Nc1c(F)c(Br)c(F)c(F)c1C(=O)O.Nc1cc(F)c(F)c(Br)c1F.O=C(/C=N/O)Nc1cc(F)c(F)c(Br)c1F.O=C1Nc2c(F)c(Br)c(F)c(F)c2C1=O.O=c1[nH]c(Cl)nc2c(F)c(Br)c(F)c(F)c12. The number of carboxylic acids is 1. The first-order valence-corrected chi connectivity index (χ1v) is 25.6. The van der Waals surface area contributed by atoms with Crippen LogP contribution in [0.15, 0.2) is 48.9 Å². The minimum atomic E-state index is -1.83. The van der Waals surface area contributed by atoms with Gasteiger partial charge in [-0.15, -0.1) is 0 Å². The number of nitrogen functional groups attached to an aromatic ring is 3. The Hall–Kier alpha value is -7.21. The van der Waals surface area contributed by atoms with E-state index in [0.717, 1.165) is 0 Å². The summed E-state index contributed by atoms with van der Waals surface area (Å²) >= 11 is 20.2. The number of Topliss-reactive ketones (excluding diaryl/α,β-unsaturated/α-hetero) is 1. The molecule has 0 saturated carbocycles. The zero-order valence-corrected chi connectivity index (χ0v) is 50.0. The summed E-state index contributed by atoms with van der Waals surface area (Å²) < 4.78 is 229. The molecule has 1 aliphatic heterocycles. The fraction of sp³-hybridized carbons (Fsp3) is 0. The summed E-state index contributed by atoms with van der Waals surface area (Å²) in [5.74, 6) is -31.3. The number of primary amides is 1. The van der Waals surface area contributed by atoms with Crippen molar-refractivity contribution < 1.29 is 113 Å². The van der Waals surface area contributed by atoms with E-state index >= 15 is 0 Å². The molecule has 460 valence electrons. The van der Waals surface area contributed by atoms with E-state index in [1.807, 2.05) is 15.6 Å². The van der Waals surface area contributed by atoms with Crippen LogP contribution in [0.4, 0.5) is 107 Å². The fourth-order valence-corrected chi connectivity index (χ4v) is 8.18. The number of rotatable bonds is 4. The Balaban J connectivity index is 0.000000271. The van der Waals surface area contributed by atoms with E-state index in [4.69, 9.17) is 44.8 Å². The van der Waals surface area contributed by atoms with E-state index in [-0.39, 0.29) is 0 Å². The molecule has 8 rings (SSSR count). The average molecular weight is 1660 g/mol. The molecule has 0 bridgehead atoms. The Morgan fingerprint density at radius 1 is 0.558 bits per heavy atom. The average Bonchev–Trinajstić information content (AvgIpc) is 1.71. The van der Waals surface area contributed by atoms with Crippen molar-refractivity contribution in [1.29, 1.82) is 0 Å². The first kappa shape index (κ1) is 73.0. The van der Waals surface area contributed by atoms with Crippen molar-refractivity contribution in [3.8, 4) is 0 Å². The summed E-state index contributed by atoms with van der Waals surface area (Å²) in [6, 6.07) is 1.06. The standard InChI is InChI=1S/C8HBrClF3N2O.C8H4BrF3N2O2.C8HBrF3NO2.C7H4BrF3N2O.C7H3BrF3NO2.C6H3BrF3N/c9-2-4(12)3(11)1-6(5(2)13)14-8(10)15-7(1)16;9-6-7(11)3(10)1-4(8(6)12)14-5(15)2-13-16;9-2-4(11)3(10)1-6(5(2)12)13-8(15)7(1)14;2*8-2-4(10)3(9)1(7(13)14)6(12)5(2)11;7-4-5(9)2(8)1-3(11)6(4)10/h(H,14,15,16);1-2,16H,(H,14,15);(H,13,14,15);12H2,(H2,13,14);12H2,(H,13,14);1H,11H2/b;13-2+;;;;. The van der Waals surface area contributed by atoms with Crippen LogP contribution in [0, 0.1) is 105 Å². The number of anilines is 5. The van der Waals surface area contributed by atoms with Gasteiger partial charge in [0, 0.05) is 12.1 Å². The van der Waals surface area contributed by atoms with Gasteiger partial charge in [-0.25, -0.2) is 88.8 Å². The summed E-state index contributed by atoms with van der Waals surface area (Å²) in [6.07, 6.45) is 0.439. The number of oxime groups is 1. The minimum absolute atomic E-state index is 0.408. The number of carbonyl (C=O) groups excluding carboxylic acids is 4. The molecule has 0 unspecified atom stereocenters. The third-order valence-electron chi connectivity index (χ3n) is 9.57. The molecule has 6 aromatic carbocycles. The Morgan fingerprint density at radius 3 is 1.47 bits per heavy atom. The lowest BCUT2D eigenvalue weighted by atomic mass is 10.1.